The van der Waals surface area contributed by atoms with Crippen molar-refractivity contribution in [2.24, 2.45) is 5.92 Å². The zero-order valence-corrected chi connectivity index (χ0v) is 21.7. The van der Waals surface area contributed by atoms with Crippen LogP contribution in [-0.2, 0) is 4.79 Å². The maximum absolute atomic E-state index is 14.6. The number of aliphatic hydroxyl groups is 1. The maximum Gasteiger partial charge on any atom is 0.437 e. The molecule has 0 fully saturated rings. The monoisotopic (exact) mass is 577 g/mol. The molecule has 196 valence electrons. The second kappa shape index (κ2) is 11.2. The van der Waals surface area contributed by atoms with Gasteiger partial charge in [0.2, 0.25) is 11.6 Å². The van der Waals surface area contributed by atoms with Crippen molar-refractivity contribution in [3.8, 4) is 6.07 Å². The molecule has 0 unspecified atom stereocenters. The number of hydrogen-bond acceptors (Lipinski definition) is 7. The van der Waals surface area contributed by atoms with Crippen LogP contribution in [0.5, 0.6) is 0 Å². The van der Waals surface area contributed by atoms with E-state index in [4.69, 9.17) is 11.6 Å². The molecule has 2 aromatic carbocycles. The number of hydrogen-bond donors (Lipinski definition) is 3. The van der Waals surface area contributed by atoms with Crippen LogP contribution in [0.15, 0.2) is 82.7 Å². The van der Waals surface area contributed by atoms with Crippen LogP contribution in [0, 0.1) is 17.2 Å². The standard InChI is InChI=1S/C26H19ClF3N3O3S2/c27-18-10-5-4-9-16(18)21-17(13-31)24(38-14-20(34)32-15-7-2-1-3-8-15)33-25(36,26(28,29)30)22(21)23(35)19-11-6-12-37-19/h1-12,21-22,33,36H,14H2,(H,32,34)/t21-,22-,25+/m0/s1. The Morgan fingerprint density at radius 1 is 1.13 bits per heavy atom. The zero-order valence-electron chi connectivity index (χ0n) is 19.3. The first-order chi connectivity index (χ1) is 18.1. The number of anilines is 1. The van der Waals surface area contributed by atoms with Crippen molar-refractivity contribution in [3.05, 3.63) is 98.2 Å². The van der Waals surface area contributed by atoms with E-state index < -0.39 is 35.4 Å². The van der Waals surface area contributed by atoms with Gasteiger partial charge in [0, 0.05) is 16.6 Å². The van der Waals surface area contributed by atoms with Gasteiger partial charge < -0.3 is 15.7 Å². The summed E-state index contributed by atoms with van der Waals surface area (Å²) in [5.41, 5.74) is -3.47. The van der Waals surface area contributed by atoms with Gasteiger partial charge in [0.25, 0.3) is 0 Å². The Hall–Kier alpha value is -3.30. The second-order valence-electron chi connectivity index (χ2n) is 8.27. The lowest BCUT2D eigenvalue weighted by atomic mass is 9.70. The number of halogens is 4. The quantitative estimate of drug-likeness (QED) is 0.300. The summed E-state index contributed by atoms with van der Waals surface area (Å²) in [5.74, 6) is -5.67. The largest absolute Gasteiger partial charge is 0.437 e. The molecule has 0 spiro atoms. The van der Waals surface area contributed by atoms with Crippen molar-refractivity contribution in [2.75, 3.05) is 11.1 Å². The van der Waals surface area contributed by atoms with Crippen LogP contribution in [0.25, 0.3) is 0 Å². The minimum Gasteiger partial charge on any atom is -0.363 e. The number of amides is 1. The molecule has 3 N–H and O–H groups in total. The van der Waals surface area contributed by atoms with Crippen LogP contribution in [0.4, 0.5) is 18.9 Å². The number of thioether (sulfide) groups is 1. The molecule has 1 aromatic heterocycles. The highest BCUT2D eigenvalue weighted by Gasteiger charge is 2.66. The lowest BCUT2D eigenvalue weighted by Gasteiger charge is -2.45. The van der Waals surface area contributed by atoms with Crippen LogP contribution in [0.3, 0.4) is 0 Å². The van der Waals surface area contributed by atoms with Gasteiger partial charge >= 0.3 is 6.18 Å². The van der Waals surface area contributed by atoms with E-state index in [-0.39, 0.29) is 31.8 Å². The molecule has 2 heterocycles. The summed E-state index contributed by atoms with van der Waals surface area (Å²) >= 11 is 7.88. The molecule has 0 bridgehead atoms. The fourth-order valence-electron chi connectivity index (χ4n) is 4.18. The third-order valence-electron chi connectivity index (χ3n) is 5.89. The van der Waals surface area contributed by atoms with Gasteiger partial charge in [-0.1, -0.05) is 65.8 Å². The molecule has 0 saturated carbocycles. The first-order valence-corrected chi connectivity index (χ1v) is 13.3. The molecule has 4 rings (SSSR count). The Balaban J connectivity index is 1.82. The van der Waals surface area contributed by atoms with Crippen molar-refractivity contribution in [2.45, 2.75) is 17.8 Å². The number of rotatable bonds is 7. The molecule has 1 aliphatic rings. The fourth-order valence-corrected chi connectivity index (χ4v) is 6.04. The average molecular weight is 578 g/mol. The minimum atomic E-state index is -5.34. The molecule has 6 nitrogen and oxygen atoms in total. The highest BCUT2D eigenvalue weighted by Crippen LogP contribution is 2.52. The highest BCUT2D eigenvalue weighted by atomic mass is 35.5. The van der Waals surface area contributed by atoms with E-state index in [9.17, 15) is 33.1 Å². The number of benzene rings is 2. The Bertz CT molecular complexity index is 1410. The number of nitrogens with one attached hydrogen (secondary N) is 2. The Morgan fingerprint density at radius 2 is 1.82 bits per heavy atom. The molecule has 1 amide bonds. The van der Waals surface area contributed by atoms with Crippen molar-refractivity contribution in [1.82, 2.24) is 5.32 Å². The summed E-state index contributed by atoms with van der Waals surface area (Å²) in [5, 5.41) is 27.1. The van der Waals surface area contributed by atoms with E-state index in [1.165, 1.54) is 35.7 Å². The van der Waals surface area contributed by atoms with Gasteiger partial charge in [-0.2, -0.15) is 18.4 Å². The number of para-hydroxylation sites is 1. The average Bonchev–Trinajstić information content (AvgIpc) is 3.42. The summed E-state index contributed by atoms with van der Waals surface area (Å²) < 4.78 is 43.7. The van der Waals surface area contributed by atoms with Gasteiger partial charge in [0.1, 0.15) is 0 Å². The zero-order chi connectivity index (χ0) is 27.5. The number of nitrogens with zero attached hydrogens (tertiary/aromatic N) is 1. The van der Waals surface area contributed by atoms with E-state index >= 15 is 0 Å². The predicted octanol–water partition coefficient (Wildman–Crippen LogP) is 5.95. The summed E-state index contributed by atoms with van der Waals surface area (Å²) in [7, 11) is 0. The summed E-state index contributed by atoms with van der Waals surface area (Å²) in [6, 6.07) is 19.1. The number of thiophene rings is 1. The molecule has 12 heteroatoms. The number of ketones is 1. The Morgan fingerprint density at radius 3 is 2.42 bits per heavy atom. The molecule has 0 radical (unpaired) electrons. The Labute approximate surface area is 229 Å². The van der Waals surface area contributed by atoms with Crippen molar-refractivity contribution < 1.29 is 27.9 Å². The third-order valence-corrected chi connectivity index (χ3v) is 8.13. The normalized spacial score (nSPS) is 21.4. The van der Waals surface area contributed by atoms with Gasteiger partial charge in [-0.25, -0.2) is 0 Å². The number of Topliss-reactive ketones (excluding diaryl/α,β-unsaturated/α-hetero) is 1. The fraction of sp³-hybridized carbons (Fsp3) is 0.192. The molecular formula is C26H19ClF3N3O3S2. The molecule has 1 aliphatic heterocycles. The molecule has 3 atom stereocenters. The molecule has 0 aliphatic carbocycles. The van der Waals surface area contributed by atoms with E-state index in [0.717, 1.165) is 11.3 Å². The summed E-state index contributed by atoms with van der Waals surface area (Å²) in [4.78, 5) is 26.0. The van der Waals surface area contributed by atoms with Crippen molar-refractivity contribution in [1.29, 1.82) is 5.26 Å². The third kappa shape index (κ3) is 5.44. The molecule has 38 heavy (non-hydrogen) atoms. The summed E-state index contributed by atoms with van der Waals surface area (Å²) in [6.45, 7) is 0. The van der Waals surface area contributed by atoms with Crippen LogP contribution in [0.1, 0.15) is 21.2 Å². The molecule has 0 saturated heterocycles. The number of allylic oxidation sites excluding steroid dienone is 1. The Kier molecular flexibility index (Phi) is 8.18. The van der Waals surface area contributed by atoms with E-state index in [0.29, 0.717) is 17.4 Å². The van der Waals surface area contributed by atoms with Crippen LogP contribution in [-0.4, -0.2) is 34.5 Å². The van der Waals surface area contributed by atoms with E-state index in [1.54, 1.807) is 36.4 Å². The van der Waals surface area contributed by atoms with Gasteiger partial charge in [0.15, 0.2) is 5.78 Å². The van der Waals surface area contributed by atoms with Crippen LogP contribution >= 0.6 is 34.7 Å². The van der Waals surface area contributed by atoms with Crippen molar-refractivity contribution in [3.63, 3.8) is 0 Å². The van der Waals surface area contributed by atoms with Gasteiger partial charge in [-0.3, -0.25) is 9.59 Å². The molecule has 3 aromatic rings. The first-order valence-electron chi connectivity index (χ1n) is 11.1. The highest BCUT2D eigenvalue weighted by molar-refractivity contribution is 8.03. The van der Waals surface area contributed by atoms with E-state index in [2.05, 4.69) is 5.32 Å². The van der Waals surface area contributed by atoms with E-state index in [1.807, 2.05) is 11.4 Å². The number of nitriles is 1. The van der Waals surface area contributed by atoms with Crippen LogP contribution in [0.2, 0.25) is 5.02 Å². The minimum absolute atomic E-state index is 0.0202. The lowest BCUT2D eigenvalue weighted by molar-refractivity contribution is -0.285. The van der Waals surface area contributed by atoms with Crippen LogP contribution < -0.4 is 10.6 Å². The number of carbonyl (C=O) groups excluding carboxylic acids is 2. The smallest absolute Gasteiger partial charge is 0.363 e. The number of alkyl halides is 3. The second-order valence-corrected chi connectivity index (χ2v) is 10.6. The summed E-state index contributed by atoms with van der Waals surface area (Å²) in [6.07, 6.45) is -5.34. The lowest BCUT2D eigenvalue weighted by Crippen LogP contribution is -2.66. The van der Waals surface area contributed by atoms with Gasteiger partial charge in [-0.05, 0) is 35.2 Å². The topological polar surface area (TPSA) is 102 Å². The SMILES string of the molecule is N#CC1=C(SCC(=O)Nc2ccccc2)N[C@](O)(C(F)(F)F)[C@H](C(=O)c2cccs2)[C@H]1c1ccccc1Cl. The molecular weight excluding hydrogens is 559 g/mol. The number of carbonyl (C=O) groups is 2. The van der Waals surface area contributed by atoms with Crippen molar-refractivity contribution >= 4 is 52.1 Å². The first kappa shape index (κ1) is 27.7. The predicted molar refractivity (Wildman–Crippen MR) is 141 cm³/mol. The maximum atomic E-state index is 14.6. The van der Waals surface area contributed by atoms with Gasteiger partial charge in [0.05, 0.1) is 33.2 Å². The van der Waals surface area contributed by atoms with Gasteiger partial charge in [-0.15, -0.1) is 11.3 Å².